The van der Waals surface area contributed by atoms with Crippen molar-refractivity contribution >= 4 is 5.91 Å². The van der Waals surface area contributed by atoms with Gasteiger partial charge in [-0.2, -0.15) is 0 Å². The van der Waals surface area contributed by atoms with Crippen molar-refractivity contribution in [1.29, 1.82) is 0 Å². The molecule has 0 radical (unpaired) electrons. The fourth-order valence-corrected chi connectivity index (χ4v) is 3.01. The first-order valence-electron chi connectivity index (χ1n) is 7.32. The van der Waals surface area contributed by atoms with Gasteiger partial charge < -0.3 is 20.1 Å². The molecule has 1 amide bonds. The monoisotopic (exact) mass is 270 g/mol. The van der Waals surface area contributed by atoms with Crippen LogP contribution in [0.15, 0.2) is 0 Å². The molecule has 0 bridgehead atoms. The minimum Gasteiger partial charge on any atom is -0.384 e. The van der Waals surface area contributed by atoms with Crippen LogP contribution >= 0.6 is 0 Å². The second-order valence-corrected chi connectivity index (χ2v) is 5.74. The zero-order valence-electron chi connectivity index (χ0n) is 11.9. The van der Waals surface area contributed by atoms with Crippen LogP contribution in [0.25, 0.3) is 0 Å². The lowest BCUT2D eigenvalue weighted by Gasteiger charge is -2.35. The standard InChI is InChI=1S/C14H26N2O3/c1-18-11-14(4-7-15-8-5-14)13(17)16-6-2-12-3-9-19-10-12/h12,15H,2-11H2,1H3,(H,16,17). The summed E-state index contributed by atoms with van der Waals surface area (Å²) in [4.78, 5) is 12.4. The number of rotatable bonds is 6. The van der Waals surface area contributed by atoms with E-state index in [1.807, 2.05) is 0 Å². The van der Waals surface area contributed by atoms with E-state index in [2.05, 4.69) is 10.6 Å². The Morgan fingerprint density at radius 3 is 2.89 bits per heavy atom. The number of methoxy groups -OCH3 is 1. The molecule has 0 aromatic heterocycles. The van der Waals surface area contributed by atoms with Crippen molar-refractivity contribution in [3.8, 4) is 0 Å². The third-order valence-electron chi connectivity index (χ3n) is 4.33. The highest BCUT2D eigenvalue weighted by molar-refractivity contribution is 5.82. The van der Waals surface area contributed by atoms with E-state index < -0.39 is 0 Å². The molecule has 0 aliphatic carbocycles. The molecule has 2 N–H and O–H groups in total. The maximum Gasteiger partial charge on any atom is 0.228 e. The Balaban J connectivity index is 1.78. The Labute approximate surface area is 115 Å². The first-order chi connectivity index (χ1) is 9.27. The molecule has 19 heavy (non-hydrogen) atoms. The van der Waals surface area contributed by atoms with Crippen LogP contribution in [-0.4, -0.2) is 52.5 Å². The summed E-state index contributed by atoms with van der Waals surface area (Å²) in [5.74, 6) is 0.779. The van der Waals surface area contributed by atoms with Crippen LogP contribution in [0, 0.1) is 11.3 Å². The van der Waals surface area contributed by atoms with Gasteiger partial charge in [-0.25, -0.2) is 0 Å². The minimum atomic E-state index is -0.327. The van der Waals surface area contributed by atoms with Gasteiger partial charge in [0.05, 0.1) is 12.0 Å². The number of hydrogen-bond acceptors (Lipinski definition) is 4. The topological polar surface area (TPSA) is 59.6 Å². The Hall–Kier alpha value is -0.650. The van der Waals surface area contributed by atoms with Gasteiger partial charge in [-0.3, -0.25) is 4.79 Å². The molecule has 1 unspecified atom stereocenters. The molecule has 2 rings (SSSR count). The predicted octanol–water partition coefficient (Wildman–Crippen LogP) is 0.545. The Morgan fingerprint density at radius 2 is 2.26 bits per heavy atom. The van der Waals surface area contributed by atoms with Crippen molar-refractivity contribution in [3.05, 3.63) is 0 Å². The molecule has 0 aromatic carbocycles. The maximum absolute atomic E-state index is 12.4. The fourth-order valence-electron chi connectivity index (χ4n) is 3.01. The Bertz CT molecular complexity index is 279. The van der Waals surface area contributed by atoms with Gasteiger partial charge in [-0.05, 0) is 44.7 Å². The van der Waals surface area contributed by atoms with E-state index in [4.69, 9.17) is 9.47 Å². The molecule has 2 aliphatic heterocycles. The molecule has 0 saturated carbocycles. The molecule has 2 fully saturated rings. The highest BCUT2D eigenvalue weighted by Gasteiger charge is 2.39. The summed E-state index contributed by atoms with van der Waals surface area (Å²) in [6, 6.07) is 0. The lowest BCUT2D eigenvalue weighted by molar-refractivity contribution is -0.136. The second kappa shape index (κ2) is 7.22. The van der Waals surface area contributed by atoms with Gasteiger partial charge in [0.25, 0.3) is 0 Å². The van der Waals surface area contributed by atoms with E-state index in [9.17, 15) is 4.79 Å². The number of piperidine rings is 1. The van der Waals surface area contributed by atoms with Gasteiger partial charge >= 0.3 is 0 Å². The second-order valence-electron chi connectivity index (χ2n) is 5.74. The summed E-state index contributed by atoms with van der Waals surface area (Å²) in [6.45, 7) is 4.79. The predicted molar refractivity (Wildman–Crippen MR) is 73.0 cm³/mol. The highest BCUT2D eigenvalue weighted by Crippen LogP contribution is 2.29. The third-order valence-corrected chi connectivity index (χ3v) is 4.33. The van der Waals surface area contributed by atoms with E-state index in [-0.39, 0.29) is 11.3 Å². The van der Waals surface area contributed by atoms with Crippen LogP contribution in [0.2, 0.25) is 0 Å². The van der Waals surface area contributed by atoms with Crippen LogP contribution < -0.4 is 10.6 Å². The van der Waals surface area contributed by atoms with Crippen LogP contribution in [0.5, 0.6) is 0 Å². The summed E-state index contributed by atoms with van der Waals surface area (Å²) >= 11 is 0. The van der Waals surface area contributed by atoms with Crippen LogP contribution in [0.1, 0.15) is 25.7 Å². The number of carbonyl (C=O) groups is 1. The smallest absolute Gasteiger partial charge is 0.228 e. The number of ether oxygens (including phenoxy) is 2. The number of carbonyl (C=O) groups excluding carboxylic acids is 1. The summed E-state index contributed by atoms with van der Waals surface area (Å²) in [7, 11) is 1.67. The zero-order valence-corrected chi connectivity index (χ0v) is 11.9. The molecular formula is C14H26N2O3. The van der Waals surface area contributed by atoms with Crippen molar-refractivity contribution < 1.29 is 14.3 Å². The normalized spacial score (nSPS) is 26.3. The van der Waals surface area contributed by atoms with Crippen molar-refractivity contribution in [2.45, 2.75) is 25.7 Å². The first-order valence-corrected chi connectivity index (χ1v) is 7.32. The maximum atomic E-state index is 12.4. The summed E-state index contributed by atoms with van der Waals surface area (Å²) < 4.78 is 10.6. The number of hydrogen-bond donors (Lipinski definition) is 2. The SMILES string of the molecule is COCC1(C(=O)NCCC2CCOC2)CCNCC1. The molecule has 110 valence electrons. The van der Waals surface area contributed by atoms with Gasteiger partial charge in [-0.15, -0.1) is 0 Å². The molecule has 2 aliphatic rings. The summed E-state index contributed by atoms with van der Waals surface area (Å²) in [5.41, 5.74) is -0.327. The molecule has 2 heterocycles. The third kappa shape index (κ3) is 3.91. The van der Waals surface area contributed by atoms with Crippen molar-refractivity contribution in [2.75, 3.05) is 46.6 Å². The van der Waals surface area contributed by atoms with Crippen molar-refractivity contribution in [2.24, 2.45) is 11.3 Å². The van der Waals surface area contributed by atoms with Gasteiger partial charge in [0.1, 0.15) is 0 Å². The minimum absolute atomic E-state index is 0.162. The van der Waals surface area contributed by atoms with Gasteiger partial charge in [0, 0.05) is 26.9 Å². The van der Waals surface area contributed by atoms with E-state index >= 15 is 0 Å². The number of amides is 1. The van der Waals surface area contributed by atoms with Crippen molar-refractivity contribution in [1.82, 2.24) is 10.6 Å². The van der Waals surface area contributed by atoms with E-state index in [0.717, 1.165) is 58.5 Å². The van der Waals surface area contributed by atoms with Gasteiger partial charge in [0.2, 0.25) is 5.91 Å². The van der Waals surface area contributed by atoms with E-state index in [1.165, 1.54) is 0 Å². The molecule has 2 saturated heterocycles. The lowest BCUT2D eigenvalue weighted by atomic mass is 9.78. The molecular weight excluding hydrogens is 244 g/mol. The van der Waals surface area contributed by atoms with Crippen LogP contribution in [-0.2, 0) is 14.3 Å². The van der Waals surface area contributed by atoms with Crippen LogP contribution in [0.3, 0.4) is 0 Å². The average Bonchev–Trinajstić information content (AvgIpc) is 2.93. The van der Waals surface area contributed by atoms with E-state index in [0.29, 0.717) is 12.5 Å². The molecule has 0 spiro atoms. The summed E-state index contributed by atoms with van der Waals surface area (Å²) in [5, 5.41) is 6.40. The Morgan fingerprint density at radius 1 is 1.47 bits per heavy atom. The Kier molecular flexibility index (Phi) is 5.60. The van der Waals surface area contributed by atoms with Gasteiger partial charge in [0.15, 0.2) is 0 Å². The average molecular weight is 270 g/mol. The zero-order chi connectivity index (χ0) is 13.6. The van der Waals surface area contributed by atoms with Crippen LogP contribution in [0.4, 0.5) is 0 Å². The quantitative estimate of drug-likeness (QED) is 0.740. The molecule has 1 atom stereocenters. The molecule has 5 heteroatoms. The molecule has 5 nitrogen and oxygen atoms in total. The largest absolute Gasteiger partial charge is 0.384 e. The highest BCUT2D eigenvalue weighted by atomic mass is 16.5. The van der Waals surface area contributed by atoms with E-state index in [1.54, 1.807) is 7.11 Å². The lowest BCUT2D eigenvalue weighted by Crippen LogP contribution is -2.50. The first kappa shape index (κ1) is 14.8. The molecule has 0 aromatic rings. The number of nitrogens with one attached hydrogen (secondary N) is 2. The van der Waals surface area contributed by atoms with Gasteiger partial charge in [-0.1, -0.05) is 0 Å². The summed E-state index contributed by atoms with van der Waals surface area (Å²) in [6.07, 6.45) is 3.87. The van der Waals surface area contributed by atoms with Crippen molar-refractivity contribution in [3.63, 3.8) is 0 Å². The fraction of sp³-hybridized carbons (Fsp3) is 0.929.